The standard InChI is InChI=1S/C15H26N4O2/c1-15(2,10-19(3)4)9-17-13(20)12-8-21-14(18-12)11-6-5-7-16-11/h8,11,16H,5-7,9-10H2,1-4H3,(H,17,20). The van der Waals surface area contributed by atoms with Crippen molar-refractivity contribution in [1.82, 2.24) is 20.5 Å². The molecule has 0 saturated carbocycles. The molecule has 1 fully saturated rings. The van der Waals surface area contributed by atoms with Crippen LogP contribution in [0.5, 0.6) is 0 Å². The number of nitrogens with zero attached hydrogens (tertiary/aromatic N) is 2. The van der Waals surface area contributed by atoms with E-state index in [2.05, 4.69) is 34.4 Å². The summed E-state index contributed by atoms with van der Waals surface area (Å²) in [5.74, 6) is 0.444. The molecule has 0 aromatic carbocycles. The van der Waals surface area contributed by atoms with Gasteiger partial charge in [0.2, 0.25) is 5.89 Å². The molecule has 6 nitrogen and oxygen atoms in total. The Balaban J connectivity index is 1.88. The molecule has 0 bridgehead atoms. The van der Waals surface area contributed by atoms with Gasteiger partial charge in [0, 0.05) is 13.1 Å². The maximum absolute atomic E-state index is 12.1. The molecule has 2 heterocycles. The minimum absolute atomic E-state index is 0.0126. The molecule has 2 rings (SSSR count). The number of aromatic nitrogens is 1. The SMILES string of the molecule is CN(C)CC(C)(C)CNC(=O)c1coc(C2CCCN2)n1. The van der Waals surface area contributed by atoms with Crippen LogP contribution in [0.25, 0.3) is 0 Å². The predicted molar refractivity (Wildman–Crippen MR) is 81.1 cm³/mol. The Labute approximate surface area is 126 Å². The predicted octanol–water partition coefficient (Wildman–Crippen LogP) is 1.42. The molecule has 21 heavy (non-hydrogen) atoms. The lowest BCUT2D eigenvalue weighted by Gasteiger charge is -2.28. The summed E-state index contributed by atoms with van der Waals surface area (Å²) >= 11 is 0. The van der Waals surface area contributed by atoms with Crippen molar-refractivity contribution in [3.05, 3.63) is 17.8 Å². The van der Waals surface area contributed by atoms with Gasteiger partial charge in [0.05, 0.1) is 6.04 Å². The summed E-state index contributed by atoms with van der Waals surface area (Å²) in [4.78, 5) is 18.6. The second kappa shape index (κ2) is 6.58. The Morgan fingerprint density at radius 3 is 2.95 bits per heavy atom. The third-order valence-corrected chi connectivity index (χ3v) is 3.58. The minimum Gasteiger partial charge on any atom is -0.446 e. The van der Waals surface area contributed by atoms with Crippen LogP contribution in [0.1, 0.15) is 49.1 Å². The quantitative estimate of drug-likeness (QED) is 0.830. The number of amides is 1. The fourth-order valence-corrected chi connectivity index (χ4v) is 2.77. The summed E-state index contributed by atoms with van der Waals surface area (Å²) in [6, 6.07) is 0.150. The Bertz CT molecular complexity index is 476. The summed E-state index contributed by atoms with van der Waals surface area (Å²) in [5, 5.41) is 6.25. The van der Waals surface area contributed by atoms with Crippen molar-refractivity contribution in [2.75, 3.05) is 33.7 Å². The van der Waals surface area contributed by atoms with E-state index in [9.17, 15) is 4.79 Å². The van der Waals surface area contributed by atoms with Crippen LogP contribution in [0.15, 0.2) is 10.7 Å². The summed E-state index contributed by atoms with van der Waals surface area (Å²) < 4.78 is 5.42. The highest BCUT2D eigenvalue weighted by Gasteiger charge is 2.24. The average molecular weight is 294 g/mol. The summed E-state index contributed by atoms with van der Waals surface area (Å²) in [7, 11) is 4.06. The molecule has 1 unspecified atom stereocenters. The van der Waals surface area contributed by atoms with Crippen molar-refractivity contribution in [3.8, 4) is 0 Å². The van der Waals surface area contributed by atoms with Gasteiger partial charge in [-0.2, -0.15) is 0 Å². The van der Waals surface area contributed by atoms with Crippen molar-refractivity contribution in [3.63, 3.8) is 0 Å². The lowest BCUT2D eigenvalue weighted by molar-refractivity contribution is 0.0924. The molecule has 0 radical (unpaired) electrons. The molecule has 1 amide bonds. The lowest BCUT2D eigenvalue weighted by Crippen LogP contribution is -2.40. The van der Waals surface area contributed by atoms with E-state index in [0.717, 1.165) is 25.9 Å². The zero-order valence-electron chi connectivity index (χ0n) is 13.4. The zero-order valence-corrected chi connectivity index (χ0v) is 13.4. The van der Waals surface area contributed by atoms with Gasteiger partial charge in [-0.1, -0.05) is 13.8 Å². The van der Waals surface area contributed by atoms with Gasteiger partial charge in [-0.15, -0.1) is 0 Å². The van der Waals surface area contributed by atoms with Gasteiger partial charge in [-0.25, -0.2) is 4.98 Å². The second-order valence-electron chi connectivity index (χ2n) is 6.80. The summed E-state index contributed by atoms with van der Waals surface area (Å²) in [6.07, 6.45) is 3.58. The third-order valence-electron chi connectivity index (χ3n) is 3.58. The van der Waals surface area contributed by atoms with Gasteiger partial charge in [-0.05, 0) is 38.9 Å². The van der Waals surface area contributed by atoms with Crippen LogP contribution in [0.2, 0.25) is 0 Å². The first-order valence-electron chi connectivity index (χ1n) is 7.49. The Hall–Kier alpha value is -1.40. The first-order valence-corrected chi connectivity index (χ1v) is 7.49. The van der Waals surface area contributed by atoms with Crippen LogP contribution < -0.4 is 10.6 Å². The number of hydrogen-bond donors (Lipinski definition) is 2. The van der Waals surface area contributed by atoms with Crippen LogP contribution in [0.4, 0.5) is 0 Å². The Kier molecular flexibility index (Phi) is 5.00. The maximum Gasteiger partial charge on any atom is 0.273 e. The molecular weight excluding hydrogens is 268 g/mol. The van der Waals surface area contributed by atoms with Gasteiger partial charge in [0.15, 0.2) is 5.69 Å². The van der Waals surface area contributed by atoms with Gasteiger partial charge in [0.1, 0.15) is 6.26 Å². The molecule has 1 aromatic heterocycles. The van der Waals surface area contributed by atoms with Crippen LogP contribution in [0, 0.1) is 5.41 Å². The number of oxazole rings is 1. The molecule has 1 aliphatic heterocycles. The molecule has 0 aliphatic carbocycles. The monoisotopic (exact) mass is 294 g/mol. The summed E-state index contributed by atoms with van der Waals surface area (Å²) in [5.41, 5.74) is 0.373. The topological polar surface area (TPSA) is 70.4 Å². The first-order chi connectivity index (χ1) is 9.87. The van der Waals surface area contributed by atoms with Gasteiger partial charge in [0.25, 0.3) is 5.91 Å². The number of rotatable bonds is 6. The third kappa shape index (κ3) is 4.54. The lowest BCUT2D eigenvalue weighted by atomic mass is 9.93. The van der Waals surface area contributed by atoms with Gasteiger partial charge < -0.3 is 20.0 Å². The van der Waals surface area contributed by atoms with Crippen molar-refractivity contribution >= 4 is 5.91 Å². The van der Waals surface area contributed by atoms with Crippen LogP contribution in [0.3, 0.4) is 0 Å². The highest BCUT2D eigenvalue weighted by molar-refractivity contribution is 5.91. The van der Waals surface area contributed by atoms with Crippen LogP contribution in [-0.4, -0.2) is 49.5 Å². The van der Waals surface area contributed by atoms with E-state index >= 15 is 0 Å². The van der Waals surface area contributed by atoms with Crippen molar-refractivity contribution in [2.45, 2.75) is 32.7 Å². The average Bonchev–Trinajstić information content (AvgIpc) is 3.04. The van der Waals surface area contributed by atoms with E-state index in [1.54, 1.807) is 0 Å². The normalized spacial score (nSPS) is 19.2. The molecule has 1 saturated heterocycles. The minimum atomic E-state index is -0.171. The van der Waals surface area contributed by atoms with E-state index in [0.29, 0.717) is 18.1 Å². The van der Waals surface area contributed by atoms with E-state index in [1.165, 1.54) is 6.26 Å². The van der Waals surface area contributed by atoms with E-state index in [-0.39, 0.29) is 17.4 Å². The van der Waals surface area contributed by atoms with Crippen molar-refractivity contribution in [1.29, 1.82) is 0 Å². The highest BCUT2D eigenvalue weighted by Crippen LogP contribution is 2.22. The Morgan fingerprint density at radius 1 is 1.57 bits per heavy atom. The first kappa shape index (κ1) is 16.0. The van der Waals surface area contributed by atoms with Crippen LogP contribution in [-0.2, 0) is 0 Å². The van der Waals surface area contributed by atoms with Crippen molar-refractivity contribution < 1.29 is 9.21 Å². The molecule has 118 valence electrons. The molecular formula is C15H26N4O2. The Morgan fingerprint density at radius 2 is 2.33 bits per heavy atom. The summed E-state index contributed by atoms with van der Waals surface area (Å²) in [6.45, 7) is 6.75. The van der Waals surface area contributed by atoms with Gasteiger partial charge >= 0.3 is 0 Å². The fourth-order valence-electron chi connectivity index (χ4n) is 2.77. The fraction of sp³-hybridized carbons (Fsp3) is 0.733. The van der Waals surface area contributed by atoms with E-state index in [1.807, 2.05) is 14.1 Å². The number of carbonyl (C=O) groups is 1. The number of carbonyl (C=O) groups excluding carboxylic acids is 1. The number of nitrogens with one attached hydrogen (secondary N) is 2. The molecule has 6 heteroatoms. The molecule has 0 spiro atoms. The maximum atomic E-state index is 12.1. The smallest absolute Gasteiger partial charge is 0.273 e. The van der Waals surface area contributed by atoms with Crippen molar-refractivity contribution in [2.24, 2.45) is 5.41 Å². The zero-order chi connectivity index (χ0) is 15.5. The van der Waals surface area contributed by atoms with Crippen LogP contribution >= 0.6 is 0 Å². The molecule has 1 atom stereocenters. The number of hydrogen-bond acceptors (Lipinski definition) is 5. The second-order valence-corrected chi connectivity index (χ2v) is 6.80. The largest absolute Gasteiger partial charge is 0.446 e. The molecule has 2 N–H and O–H groups in total. The van der Waals surface area contributed by atoms with Gasteiger partial charge in [-0.3, -0.25) is 4.79 Å². The van der Waals surface area contributed by atoms with E-state index < -0.39 is 0 Å². The van der Waals surface area contributed by atoms with E-state index in [4.69, 9.17) is 4.42 Å². The highest BCUT2D eigenvalue weighted by atomic mass is 16.3. The molecule has 1 aliphatic rings. The molecule has 1 aromatic rings.